The monoisotopic (exact) mass is 202 g/mol. The second kappa shape index (κ2) is 7.98. The Balaban J connectivity index is 2.28. The van der Waals surface area contributed by atoms with Gasteiger partial charge in [0.25, 0.3) is 0 Å². The van der Waals surface area contributed by atoms with E-state index in [0.29, 0.717) is 0 Å². The highest BCUT2D eigenvalue weighted by atomic mass is 16.1. The van der Waals surface area contributed by atoms with Gasteiger partial charge in [-0.25, -0.2) is 0 Å². The number of hydrogen-bond donors (Lipinski definition) is 0. The van der Waals surface area contributed by atoms with Gasteiger partial charge in [0, 0.05) is 0 Å². The normalized spacial score (nSPS) is 18.0. The van der Waals surface area contributed by atoms with E-state index in [1.54, 1.807) is 11.6 Å². The minimum atomic E-state index is 0.776. The molecule has 0 aromatic rings. The molecular formula is C14H18O. The molecule has 15 heavy (non-hydrogen) atoms. The first-order valence-electron chi connectivity index (χ1n) is 5.56. The van der Waals surface area contributed by atoms with Gasteiger partial charge in [0.1, 0.15) is 6.29 Å². The number of carbonyl (C=O) groups is 1. The minimum absolute atomic E-state index is 0.776. The molecule has 0 aliphatic heterocycles. The van der Waals surface area contributed by atoms with Crippen molar-refractivity contribution in [3.63, 3.8) is 0 Å². The summed E-state index contributed by atoms with van der Waals surface area (Å²) in [4.78, 5) is 9.95. The van der Waals surface area contributed by atoms with E-state index in [9.17, 15) is 4.79 Å². The summed E-state index contributed by atoms with van der Waals surface area (Å²) in [6, 6.07) is 0. The number of hydrogen-bond acceptors (Lipinski definition) is 1. The molecule has 0 saturated heterocycles. The summed E-state index contributed by atoms with van der Waals surface area (Å²) in [7, 11) is 0. The van der Waals surface area contributed by atoms with E-state index in [1.165, 1.54) is 38.2 Å². The number of carbonyl (C=O) groups excluding carboxylic acids is 1. The van der Waals surface area contributed by atoms with Crippen molar-refractivity contribution in [2.24, 2.45) is 0 Å². The second-order valence-corrected chi connectivity index (χ2v) is 3.68. The van der Waals surface area contributed by atoms with Gasteiger partial charge < -0.3 is 0 Å². The molecule has 1 saturated carbocycles. The molecule has 0 atom stereocenters. The zero-order chi connectivity index (χ0) is 10.8. The van der Waals surface area contributed by atoms with Crippen molar-refractivity contribution in [3.8, 4) is 0 Å². The van der Waals surface area contributed by atoms with Gasteiger partial charge >= 0.3 is 0 Å². The van der Waals surface area contributed by atoms with Crippen LogP contribution in [0, 0.1) is 0 Å². The quantitative estimate of drug-likeness (QED) is 0.385. The van der Waals surface area contributed by atoms with Crippen molar-refractivity contribution in [1.82, 2.24) is 0 Å². The first-order chi connectivity index (χ1) is 7.43. The molecule has 0 aromatic heterocycles. The predicted octanol–water partition coefficient (Wildman–Crippen LogP) is 3.74. The summed E-state index contributed by atoms with van der Waals surface area (Å²) in [6.45, 7) is 0. The SMILES string of the molecule is O=C/C=C/C=C/C=C/C=C1CCCCC1. The van der Waals surface area contributed by atoms with Crippen LogP contribution in [0.15, 0.2) is 48.1 Å². The summed E-state index contributed by atoms with van der Waals surface area (Å²) in [5.41, 5.74) is 1.56. The summed E-state index contributed by atoms with van der Waals surface area (Å²) < 4.78 is 0. The van der Waals surface area contributed by atoms with E-state index in [1.807, 2.05) is 18.2 Å². The van der Waals surface area contributed by atoms with Crippen LogP contribution in [0.25, 0.3) is 0 Å². The van der Waals surface area contributed by atoms with Gasteiger partial charge in [0.05, 0.1) is 0 Å². The van der Waals surface area contributed by atoms with Crippen molar-refractivity contribution in [2.75, 3.05) is 0 Å². The van der Waals surface area contributed by atoms with Crippen molar-refractivity contribution in [3.05, 3.63) is 48.1 Å². The maximum absolute atomic E-state index is 9.95. The molecule has 80 valence electrons. The molecule has 1 aliphatic carbocycles. The maximum atomic E-state index is 9.95. The van der Waals surface area contributed by atoms with E-state index in [-0.39, 0.29) is 0 Å². The third kappa shape index (κ3) is 5.84. The molecule has 0 radical (unpaired) electrons. The molecule has 1 rings (SSSR count). The van der Waals surface area contributed by atoms with Gasteiger partial charge in [0.2, 0.25) is 0 Å². The van der Waals surface area contributed by atoms with Crippen molar-refractivity contribution in [2.45, 2.75) is 32.1 Å². The van der Waals surface area contributed by atoms with Crippen LogP contribution >= 0.6 is 0 Å². The zero-order valence-electron chi connectivity index (χ0n) is 9.06. The van der Waals surface area contributed by atoms with E-state index in [2.05, 4.69) is 12.2 Å². The number of allylic oxidation sites excluding steroid dienone is 8. The van der Waals surface area contributed by atoms with Gasteiger partial charge in [0.15, 0.2) is 0 Å². The Kier molecular flexibility index (Phi) is 6.23. The number of aldehydes is 1. The highest BCUT2D eigenvalue weighted by Gasteiger charge is 2.02. The lowest BCUT2D eigenvalue weighted by atomic mass is 9.95. The van der Waals surface area contributed by atoms with Crippen LogP contribution in [0.1, 0.15) is 32.1 Å². The Morgan fingerprint density at radius 2 is 1.33 bits per heavy atom. The average Bonchev–Trinajstić information content (AvgIpc) is 2.29. The summed E-state index contributed by atoms with van der Waals surface area (Å²) in [6.07, 6.45) is 20.7. The highest BCUT2D eigenvalue weighted by Crippen LogP contribution is 2.22. The van der Waals surface area contributed by atoms with Crippen LogP contribution in [0.5, 0.6) is 0 Å². The molecule has 1 heteroatoms. The standard InChI is InChI=1S/C14H18O/c15-13-9-4-2-1-3-6-10-14-11-7-5-8-12-14/h1-4,6,9-10,13H,5,7-8,11-12H2/b2-1+,6-3+,9-4+. The molecule has 1 aliphatic rings. The van der Waals surface area contributed by atoms with E-state index >= 15 is 0 Å². The molecule has 1 fully saturated rings. The fourth-order valence-electron chi connectivity index (χ4n) is 1.67. The first kappa shape index (κ1) is 11.7. The zero-order valence-corrected chi connectivity index (χ0v) is 9.06. The summed E-state index contributed by atoms with van der Waals surface area (Å²) in [5.74, 6) is 0. The molecular weight excluding hydrogens is 184 g/mol. The van der Waals surface area contributed by atoms with Gasteiger partial charge in [-0.1, -0.05) is 48.5 Å². The van der Waals surface area contributed by atoms with E-state index < -0.39 is 0 Å². The number of rotatable bonds is 4. The smallest absolute Gasteiger partial charge is 0.142 e. The van der Waals surface area contributed by atoms with Gasteiger partial charge in [-0.3, -0.25) is 4.79 Å². The van der Waals surface area contributed by atoms with Crippen LogP contribution in [-0.4, -0.2) is 6.29 Å². The van der Waals surface area contributed by atoms with Crippen molar-refractivity contribution in [1.29, 1.82) is 0 Å². The Hall–Kier alpha value is -1.37. The second-order valence-electron chi connectivity index (χ2n) is 3.68. The Morgan fingerprint density at radius 1 is 0.733 bits per heavy atom. The topological polar surface area (TPSA) is 17.1 Å². The first-order valence-corrected chi connectivity index (χ1v) is 5.56. The fourth-order valence-corrected chi connectivity index (χ4v) is 1.67. The van der Waals surface area contributed by atoms with Crippen LogP contribution in [0.2, 0.25) is 0 Å². The average molecular weight is 202 g/mol. The summed E-state index contributed by atoms with van der Waals surface area (Å²) in [5, 5.41) is 0. The molecule has 0 heterocycles. The van der Waals surface area contributed by atoms with Crippen LogP contribution < -0.4 is 0 Å². The Bertz CT molecular complexity index is 284. The summed E-state index contributed by atoms with van der Waals surface area (Å²) >= 11 is 0. The molecule has 0 aromatic carbocycles. The molecule has 0 unspecified atom stereocenters. The molecule has 0 N–H and O–H groups in total. The fraction of sp³-hybridized carbons (Fsp3) is 0.357. The molecule has 1 nitrogen and oxygen atoms in total. The van der Waals surface area contributed by atoms with E-state index in [0.717, 1.165) is 6.29 Å². The van der Waals surface area contributed by atoms with Crippen LogP contribution in [0.4, 0.5) is 0 Å². The molecule has 0 bridgehead atoms. The third-order valence-corrected chi connectivity index (χ3v) is 2.46. The van der Waals surface area contributed by atoms with Gasteiger partial charge in [-0.15, -0.1) is 0 Å². The highest BCUT2D eigenvalue weighted by molar-refractivity contribution is 5.65. The van der Waals surface area contributed by atoms with Crippen molar-refractivity contribution < 1.29 is 4.79 Å². The lowest BCUT2D eigenvalue weighted by molar-refractivity contribution is -0.104. The van der Waals surface area contributed by atoms with E-state index in [4.69, 9.17) is 0 Å². The maximum Gasteiger partial charge on any atom is 0.142 e. The minimum Gasteiger partial charge on any atom is -0.299 e. The van der Waals surface area contributed by atoms with Crippen molar-refractivity contribution >= 4 is 6.29 Å². The van der Waals surface area contributed by atoms with Gasteiger partial charge in [-0.05, 0) is 31.8 Å². The van der Waals surface area contributed by atoms with Crippen LogP contribution in [-0.2, 0) is 4.79 Å². The van der Waals surface area contributed by atoms with Gasteiger partial charge in [-0.2, -0.15) is 0 Å². The molecule has 0 amide bonds. The van der Waals surface area contributed by atoms with Crippen LogP contribution in [0.3, 0.4) is 0 Å². The Morgan fingerprint density at radius 3 is 2.00 bits per heavy atom. The molecule has 0 spiro atoms. The predicted molar refractivity (Wildman–Crippen MR) is 64.7 cm³/mol. The lowest BCUT2D eigenvalue weighted by Gasteiger charge is -2.11. The third-order valence-electron chi connectivity index (χ3n) is 2.46. The Labute approximate surface area is 91.9 Å². The lowest BCUT2D eigenvalue weighted by Crippen LogP contribution is -1.92. The largest absolute Gasteiger partial charge is 0.299 e.